The summed E-state index contributed by atoms with van der Waals surface area (Å²) in [4.78, 5) is 2.57. The topological polar surface area (TPSA) is 26.0 Å². The van der Waals surface area contributed by atoms with Crippen LogP contribution in [-0.2, 0) is 6.42 Å². The predicted octanol–water partition coefficient (Wildman–Crippen LogP) is 5.50. The van der Waals surface area contributed by atoms with Crippen LogP contribution in [0.4, 0.5) is 0 Å². The van der Waals surface area contributed by atoms with Crippen LogP contribution in [0.15, 0.2) is 50.7 Å². The van der Waals surface area contributed by atoms with E-state index >= 15 is 0 Å². The van der Waals surface area contributed by atoms with E-state index in [1.54, 1.807) is 0 Å². The molecule has 0 heterocycles. The molecule has 2 aromatic rings. The molecule has 1 nitrogen and oxygen atoms in total. The van der Waals surface area contributed by atoms with E-state index in [2.05, 4.69) is 73.1 Å². The molecular formula is C18H22BrNS. The molecule has 0 fully saturated rings. The number of halogens is 1. The third kappa shape index (κ3) is 4.60. The Labute approximate surface area is 140 Å². The van der Waals surface area contributed by atoms with Gasteiger partial charge in [-0.15, -0.1) is 0 Å². The molecule has 0 aliphatic heterocycles. The lowest BCUT2D eigenvalue weighted by Gasteiger charge is -2.12. The minimum Gasteiger partial charge on any atom is -0.327 e. The van der Waals surface area contributed by atoms with Gasteiger partial charge in [-0.05, 0) is 61.6 Å². The number of benzene rings is 2. The Morgan fingerprint density at radius 3 is 2.57 bits per heavy atom. The summed E-state index contributed by atoms with van der Waals surface area (Å²) in [5, 5.41) is 0. The van der Waals surface area contributed by atoms with Crippen molar-refractivity contribution < 1.29 is 0 Å². The van der Waals surface area contributed by atoms with E-state index in [-0.39, 0.29) is 6.04 Å². The first-order valence-corrected chi connectivity index (χ1v) is 8.89. The highest BCUT2D eigenvalue weighted by Crippen LogP contribution is 2.33. The van der Waals surface area contributed by atoms with Crippen molar-refractivity contribution in [3.8, 4) is 0 Å². The zero-order chi connectivity index (χ0) is 15.4. The highest BCUT2D eigenvalue weighted by atomic mass is 79.9. The minimum atomic E-state index is 0.235. The van der Waals surface area contributed by atoms with Gasteiger partial charge in [0, 0.05) is 20.3 Å². The number of aryl methyl sites for hydroxylation is 2. The molecule has 2 N–H and O–H groups in total. The van der Waals surface area contributed by atoms with Crippen molar-refractivity contribution in [2.75, 3.05) is 0 Å². The van der Waals surface area contributed by atoms with Gasteiger partial charge in [0.2, 0.25) is 0 Å². The van der Waals surface area contributed by atoms with Crippen molar-refractivity contribution in [1.29, 1.82) is 0 Å². The molecule has 0 saturated heterocycles. The molecular weight excluding hydrogens is 342 g/mol. The summed E-state index contributed by atoms with van der Waals surface area (Å²) >= 11 is 5.50. The van der Waals surface area contributed by atoms with E-state index in [1.807, 2.05) is 11.8 Å². The normalized spacial score (nSPS) is 12.4. The van der Waals surface area contributed by atoms with E-state index in [1.165, 1.54) is 26.5 Å². The van der Waals surface area contributed by atoms with Crippen LogP contribution in [-0.4, -0.2) is 6.04 Å². The van der Waals surface area contributed by atoms with E-state index in [0.717, 1.165) is 17.3 Å². The summed E-state index contributed by atoms with van der Waals surface area (Å²) in [5.74, 6) is 0. The van der Waals surface area contributed by atoms with Gasteiger partial charge in [0.05, 0.1) is 0 Å². The monoisotopic (exact) mass is 363 g/mol. The quantitative estimate of drug-likeness (QED) is 0.758. The fourth-order valence-corrected chi connectivity index (χ4v) is 3.86. The molecule has 0 aliphatic rings. The molecule has 21 heavy (non-hydrogen) atoms. The third-order valence-corrected chi connectivity index (χ3v) is 5.49. The Kier molecular flexibility index (Phi) is 5.91. The molecule has 0 spiro atoms. The molecule has 0 aliphatic carbocycles. The Morgan fingerprint density at radius 2 is 1.90 bits per heavy atom. The lowest BCUT2D eigenvalue weighted by atomic mass is 10.1. The van der Waals surface area contributed by atoms with Gasteiger partial charge in [0.25, 0.3) is 0 Å². The molecule has 0 amide bonds. The van der Waals surface area contributed by atoms with Gasteiger partial charge >= 0.3 is 0 Å². The van der Waals surface area contributed by atoms with Crippen molar-refractivity contribution in [3.63, 3.8) is 0 Å². The Morgan fingerprint density at radius 1 is 1.14 bits per heavy atom. The highest BCUT2D eigenvalue weighted by Gasteiger charge is 2.08. The Hall–Kier alpha value is -0.770. The largest absolute Gasteiger partial charge is 0.327 e. The average Bonchev–Trinajstić information content (AvgIpc) is 2.45. The molecule has 1 atom stereocenters. The lowest BCUT2D eigenvalue weighted by Crippen LogP contribution is -2.21. The van der Waals surface area contributed by atoms with Crippen molar-refractivity contribution in [3.05, 3.63) is 57.6 Å². The predicted molar refractivity (Wildman–Crippen MR) is 96.2 cm³/mol. The minimum absolute atomic E-state index is 0.235. The summed E-state index contributed by atoms with van der Waals surface area (Å²) < 4.78 is 1.15. The first-order chi connectivity index (χ1) is 9.99. The maximum Gasteiger partial charge on any atom is 0.0219 e. The molecule has 0 aromatic heterocycles. The Bertz CT molecular complexity index is 625. The zero-order valence-electron chi connectivity index (χ0n) is 12.8. The summed E-state index contributed by atoms with van der Waals surface area (Å²) in [5.41, 5.74) is 9.95. The van der Waals surface area contributed by atoms with Crippen LogP contribution < -0.4 is 5.73 Å². The second-order valence-corrected chi connectivity index (χ2v) is 7.47. The van der Waals surface area contributed by atoms with E-state index in [9.17, 15) is 0 Å². The van der Waals surface area contributed by atoms with Gasteiger partial charge in [-0.25, -0.2) is 0 Å². The van der Waals surface area contributed by atoms with Crippen LogP contribution in [0.1, 0.15) is 30.0 Å². The second kappa shape index (κ2) is 7.48. The van der Waals surface area contributed by atoms with Crippen LogP contribution in [0, 0.1) is 13.8 Å². The standard InChI is InChI=1S/C18H22BrNS/c1-4-15(20)10-14-7-8-16(11-17(14)19)21-18-9-12(2)5-6-13(18)3/h5-9,11,15H,4,10,20H2,1-3H3. The molecule has 0 saturated carbocycles. The highest BCUT2D eigenvalue weighted by molar-refractivity contribution is 9.10. The summed E-state index contributed by atoms with van der Waals surface area (Å²) in [7, 11) is 0. The van der Waals surface area contributed by atoms with Gasteiger partial charge < -0.3 is 5.73 Å². The number of rotatable bonds is 5. The number of hydrogen-bond acceptors (Lipinski definition) is 2. The van der Waals surface area contributed by atoms with Crippen LogP contribution in [0.25, 0.3) is 0 Å². The molecule has 0 radical (unpaired) electrons. The van der Waals surface area contributed by atoms with Gasteiger partial charge in [0.15, 0.2) is 0 Å². The molecule has 112 valence electrons. The fourth-order valence-electron chi connectivity index (χ4n) is 2.13. The zero-order valence-corrected chi connectivity index (χ0v) is 15.2. The Balaban J connectivity index is 2.18. The maximum atomic E-state index is 6.05. The third-order valence-electron chi connectivity index (χ3n) is 3.60. The van der Waals surface area contributed by atoms with Gasteiger partial charge in [0.1, 0.15) is 0 Å². The molecule has 1 unspecified atom stereocenters. The van der Waals surface area contributed by atoms with Crippen molar-refractivity contribution in [2.45, 2.75) is 49.4 Å². The van der Waals surface area contributed by atoms with Crippen molar-refractivity contribution in [1.82, 2.24) is 0 Å². The first kappa shape index (κ1) is 16.6. The molecule has 2 aromatic carbocycles. The van der Waals surface area contributed by atoms with Crippen LogP contribution in [0.3, 0.4) is 0 Å². The lowest BCUT2D eigenvalue weighted by molar-refractivity contribution is 0.645. The van der Waals surface area contributed by atoms with E-state index in [4.69, 9.17) is 5.73 Å². The molecule has 2 rings (SSSR count). The fraction of sp³-hybridized carbons (Fsp3) is 0.333. The smallest absolute Gasteiger partial charge is 0.0219 e. The van der Waals surface area contributed by atoms with E-state index < -0.39 is 0 Å². The van der Waals surface area contributed by atoms with Gasteiger partial charge in [-0.1, -0.05) is 52.8 Å². The maximum absolute atomic E-state index is 6.05. The molecule has 3 heteroatoms. The number of hydrogen-bond donors (Lipinski definition) is 1. The molecule has 0 bridgehead atoms. The van der Waals surface area contributed by atoms with Crippen molar-refractivity contribution >= 4 is 27.7 Å². The van der Waals surface area contributed by atoms with Crippen LogP contribution >= 0.6 is 27.7 Å². The van der Waals surface area contributed by atoms with Gasteiger partial charge in [-0.2, -0.15) is 0 Å². The van der Waals surface area contributed by atoms with Crippen LogP contribution in [0.2, 0.25) is 0 Å². The van der Waals surface area contributed by atoms with Gasteiger partial charge in [-0.3, -0.25) is 0 Å². The average molecular weight is 364 g/mol. The number of nitrogens with two attached hydrogens (primary N) is 1. The van der Waals surface area contributed by atoms with E-state index in [0.29, 0.717) is 0 Å². The van der Waals surface area contributed by atoms with Crippen LogP contribution in [0.5, 0.6) is 0 Å². The summed E-state index contributed by atoms with van der Waals surface area (Å²) in [6, 6.07) is 13.4. The SMILES string of the molecule is CCC(N)Cc1ccc(Sc2cc(C)ccc2C)cc1Br. The summed E-state index contributed by atoms with van der Waals surface area (Å²) in [6.45, 7) is 6.42. The first-order valence-electron chi connectivity index (χ1n) is 7.28. The van der Waals surface area contributed by atoms with Crippen molar-refractivity contribution in [2.24, 2.45) is 5.73 Å². The second-order valence-electron chi connectivity index (χ2n) is 5.50. The summed E-state index contributed by atoms with van der Waals surface area (Å²) in [6.07, 6.45) is 1.93.